The first-order chi connectivity index (χ1) is 7.54. The summed E-state index contributed by atoms with van der Waals surface area (Å²) in [6.07, 6.45) is 0.774. The Morgan fingerprint density at radius 1 is 0.750 bits per heavy atom. The molecule has 84 valence electrons. The molecule has 1 aromatic carbocycles. The van der Waals surface area contributed by atoms with Crippen molar-refractivity contribution < 1.29 is 22.4 Å². The Balaban J connectivity index is 2.39. The first kappa shape index (κ1) is 9.81. The summed E-state index contributed by atoms with van der Waals surface area (Å²) in [6.45, 7) is 0. The Labute approximate surface area is 88.1 Å². The lowest BCUT2D eigenvalue weighted by molar-refractivity contribution is -0.119. The molecule has 0 N–H and O–H groups in total. The van der Waals surface area contributed by atoms with Gasteiger partial charge in [0.25, 0.3) is 0 Å². The van der Waals surface area contributed by atoms with E-state index < -0.39 is 35.1 Å². The minimum Gasteiger partial charge on any atom is -0.298 e. The van der Waals surface area contributed by atoms with Crippen LogP contribution in [0.5, 0.6) is 0 Å². The topological polar surface area (TPSA) is 17.1 Å². The molecule has 0 amide bonds. The van der Waals surface area contributed by atoms with E-state index in [2.05, 4.69) is 0 Å². The van der Waals surface area contributed by atoms with Crippen molar-refractivity contribution in [3.8, 4) is 0 Å². The number of hydrogen-bond donors (Lipinski definition) is 0. The van der Waals surface area contributed by atoms with Gasteiger partial charge in [-0.1, -0.05) is 0 Å². The zero-order valence-electron chi connectivity index (χ0n) is 7.99. The van der Waals surface area contributed by atoms with Crippen molar-refractivity contribution in [1.82, 2.24) is 0 Å². The summed E-state index contributed by atoms with van der Waals surface area (Å²) in [5, 5.41) is 0. The van der Waals surface area contributed by atoms with Gasteiger partial charge in [0, 0.05) is 23.0 Å². The molecule has 3 rings (SSSR count). The molecule has 0 spiro atoms. The minimum absolute atomic E-state index is 0.266. The monoisotopic (exact) mass is 230 g/mol. The molecule has 1 saturated carbocycles. The zero-order valence-corrected chi connectivity index (χ0v) is 7.99. The number of benzene rings is 1. The lowest BCUT2D eigenvalue weighted by Gasteiger charge is -2.15. The fourth-order valence-corrected chi connectivity index (χ4v) is 2.78. The maximum atomic E-state index is 13.4. The molecule has 0 unspecified atom stereocenters. The Morgan fingerprint density at radius 2 is 1.12 bits per heavy atom. The van der Waals surface area contributed by atoms with Gasteiger partial charge in [-0.25, -0.2) is 17.6 Å². The molecule has 2 bridgehead atoms. The maximum absolute atomic E-state index is 13.4. The smallest absolute Gasteiger partial charge is 0.197 e. The van der Waals surface area contributed by atoms with Gasteiger partial charge < -0.3 is 0 Å². The van der Waals surface area contributed by atoms with E-state index >= 15 is 0 Å². The largest absolute Gasteiger partial charge is 0.298 e. The molecule has 1 fully saturated rings. The van der Waals surface area contributed by atoms with Gasteiger partial charge >= 0.3 is 0 Å². The summed E-state index contributed by atoms with van der Waals surface area (Å²) in [5.74, 6) is -8.36. The van der Waals surface area contributed by atoms with Gasteiger partial charge in [0.1, 0.15) is 5.78 Å². The second-order valence-electron chi connectivity index (χ2n) is 4.17. The van der Waals surface area contributed by atoms with Crippen LogP contribution in [0.1, 0.15) is 35.8 Å². The summed E-state index contributed by atoms with van der Waals surface area (Å²) in [4.78, 5) is 11.6. The van der Waals surface area contributed by atoms with Crippen LogP contribution in [-0.4, -0.2) is 5.78 Å². The molecule has 1 aromatic rings. The van der Waals surface area contributed by atoms with Crippen molar-refractivity contribution in [2.75, 3.05) is 0 Å². The van der Waals surface area contributed by atoms with Gasteiger partial charge in [0.2, 0.25) is 0 Å². The van der Waals surface area contributed by atoms with E-state index in [-0.39, 0.29) is 16.9 Å². The van der Waals surface area contributed by atoms with Crippen molar-refractivity contribution in [3.05, 3.63) is 34.4 Å². The lowest BCUT2D eigenvalue weighted by atomic mass is 9.90. The van der Waals surface area contributed by atoms with Crippen molar-refractivity contribution >= 4 is 5.78 Å². The van der Waals surface area contributed by atoms with Crippen molar-refractivity contribution in [1.29, 1.82) is 0 Å². The molecule has 16 heavy (non-hydrogen) atoms. The number of Topliss-reactive ketones (excluding diaryl/α,β-unsaturated/α-hetero) is 1. The summed E-state index contributed by atoms with van der Waals surface area (Å²) >= 11 is 0. The van der Waals surface area contributed by atoms with Gasteiger partial charge in [0.05, 0.1) is 0 Å². The van der Waals surface area contributed by atoms with Crippen LogP contribution < -0.4 is 0 Å². The highest BCUT2D eigenvalue weighted by molar-refractivity contribution is 5.98. The molecule has 5 heteroatoms. The maximum Gasteiger partial charge on any atom is 0.197 e. The third-order valence-electron chi connectivity index (χ3n) is 3.47. The third kappa shape index (κ3) is 0.894. The number of fused-ring (bicyclic) bond motifs is 5. The van der Waals surface area contributed by atoms with E-state index in [1.165, 1.54) is 0 Å². The van der Waals surface area contributed by atoms with Crippen molar-refractivity contribution in [3.63, 3.8) is 0 Å². The Hall–Kier alpha value is -1.39. The zero-order chi connectivity index (χ0) is 11.6. The fraction of sp³-hybridized carbons (Fsp3) is 0.364. The van der Waals surface area contributed by atoms with Crippen LogP contribution in [0.2, 0.25) is 0 Å². The van der Waals surface area contributed by atoms with Crippen LogP contribution in [0, 0.1) is 23.3 Å². The van der Waals surface area contributed by atoms with Crippen LogP contribution in [0.4, 0.5) is 17.6 Å². The van der Waals surface area contributed by atoms with Gasteiger partial charge in [-0.2, -0.15) is 0 Å². The third-order valence-corrected chi connectivity index (χ3v) is 3.47. The molecule has 1 nitrogen and oxygen atoms in total. The van der Waals surface area contributed by atoms with Gasteiger partial charge in [-0.15, -0.1) is 0 Å². The highest BCUT2D eigenvalue weighted by Crippen LogP contribution is 2.52. The molecule has 0 heterocycles. The summed E-state index contributed by atoms with van der Waals surface area (Å²) in [5.41, 5.74) is -0.532. The van der Waals surface area contributed by atoms with E-state index in [9.17, 15) is 22.4 Å². The first-order valence-electron chi connectivity index (χ1n) is 4.93. The normalized spacial score (nSPS) is 26.4. The Kier molecular flexibility index (Phi) is 1.74. The standard InChI is InChI=1S/C11H6F4O/c12-7-5-3-1-2-4(11(3)16)6(5)8(13)10(15)9(7)14/h3-4H,1-2H2/t3-,4-/m0/s1. The van der Waals surface area contributed by atoms with Crippen molar-refractivity contribution in [2.45, 2.75) is 24.7 Å². The van der Waals surface area contributed by atoms with E-state index in [1.807, 2.05) is 0 Å². The average Bonchev–Trinajstić information content (AvgIpc) is 2.77. The van der Waals surface area contributed by atoms with Gasteiger partial charge in [-0.3, -0.25) is 4.79 Å². The number of carbonyl (C=O) groups excluding carboxylic acids is 1. The minimum atomic E-state index is -1.82. The van der Waals surface area contributed by atoms with E-state index in [1.54, 1.807) is 0 Å². The molecule has 2 atom stereocenters. The molecule has 0 saturated heterocycles. The van der Waals surface area contributed by atoms with E-state index in [4.69, 9.17) is 0 Å². The molecule has 0 aromatic heterocycles. The summed E-state index contributed by atoms with van der Waals surface area (Å²) in [6, 6.07) is 0. The molecule has 0 radical (unpaired) electrons. The van der Waals surface area contributed by atoms with Crippen molar-refractivity contribution in [2.24, 2.45) is 0 Å². The molecule has 0 aliphatic heterocycles. The highest BCUT2D eigenvalue weighted by Gasteiger charge is 2.50. The summed E-state index contributed by atoms with van der Waals surface area (Å²) < 4.78 is 52.9. The number of carbonyl (C=O) groups is 1. The number of halogens is 4. The predicted molar refractivity (Wildman–Crippen MR) is 46.0 cm³/mol. The van der Waals surface area contributed by atoms with Crippen LogP contribution >= 0.6 is 0 Å². The van der Waals surface area contributed by atoms with Gasteiger partial charge in [0.15, 0.2) is 23.3 Å². The average molecular weight is 230 g/mol. The Bertz CT molecular complexity index is 478. The van der Waals surface area contributed by atoms with E-state index in [0.29, 0.717) is 12.8 Å². The lowest BCUT2D eigenvalue weighted by Crippen LogP contribution is -2.09. The number of rotatable bonds is 0. The molecule has 2 aliphatic rings. The predicted octanol–water partition coefficient (Wildman–Crippen LogP) is 2.79. The molecular weight excluding hydrogens is 224 g/mol. The number of ketones is 1. The quantitative estimate of drug-likeness (QED) is 0.380. The molecular formula is C11H6F4O. The fourth-order valence-electron chi connectivity index (χ4n) is 2.78. The SMILES string of the molecule is O=C1[C@H]2CC[C@H]1c1c(F)c(F)c(F)c(F)c12. The second kappa shape index (κ2) is 2.84. The highest BCUT2D eigenvalue weighted by atomic mass is 19.2. The number of hydrogen-bond acceptors (Lipinski definition) is 1. The Morgan fingerprint density at radius 3 is 1.50 bits per heavy atom. The van der Waals surface area contributed by atoms with E-state index in [0.717, 1.165) is 0 Å². The molecule has 2 aliphatic carbocycles. The second-order valence-corrected chi connectivity index (χ2v) is 4.17. The van der Waals surface area contributed by atoms with Gasteiger partial charge in [-0.05, 0) is 12.8 Å². The summed E-state index contributed by atoms with van der Waals surface area (Å²) in [7, 11) is 0. The van der Waals surface area contributed by atoms with Crippen LogP contribution in [0.3, 0.4) is 0 Å². The van der Waals surface area contributed by atoms with Crippen LogP contribution in [0.25, 0.3) is 0 Å². The van der Waals surface area contributed by atoms with Crippen LogP contribution in [-0.2, 0) is 4.79 Å². The van der Waals surface area contributed by atoms with Crippen LogP contribution in [0.15, 0.2) is 0 Å². The first-order valence-corrected chi connectivity index (χ1v) is 4.93.